The minimum absolute atomic E-state index is 0.169. The molecule has 126 valence electrons. The molecule has 1 aliphatic heterocycles. The Bertz CT molecular complexity index is 710. The van der Waals surface area contributed by atoms with Crippen LogP contribution in [0.4, 0.5) is 4.79 Å². The molecule has 24 heavy (non-hydrogen) atoms. The fourth-order valence-electron chi connectivity index (χ4n) is 2.11. The van der Waals surface area contributed by atoms with Gasteiger partial charge < -0.3 is 0 Å². The highest BCUT2D eigenvalue weighted by molar-refractivity contribution is 6.34. The van der Waals surface area contributed by atoms with E-state index in [0.29, 0.717) is 23.0 Å². The van der Waals surface area contributed by atoms with E-state index < -0.39 is 0 Å². The zero-order chi connectivity index (χ0) is 17.4. The number of hydrogen-bond donors (Lipinski definition) is 1. The van der Waals surface area contributed by atoms with E-state index in [1.807, 2.05) is 43.4 Å². The van der Waals surface area contributed by atoms with Crippen LogP contribution in [0.25, 0.3) is 0 Å². The van der Waals surface area contributed by atoms with Gasteiger partial charge in [0.05, 0.1) is 12.1 Å². The SMILES string of the molecule is C/C=C(\C=C/CCl)C/C(=N\N1CN=CNC1=O)c1ccccc1Cl. The van der Waals surface area contributed by atoms with E-state index in [-0.39, 0.29) is 12.7 Å². The maximum atomic E-state index is 11.9. The Morgan fingerprint density at radius 3 is 2.92 bits per heavy atom. The molecule has 0 spiro atoms. The van der Waals surface area contributed by atoms with E-state index in [1.54, 1.807) is 6.07 Å². The number of alkyl halides is 1. The van der Waals surface area contributed by atoms with Crippen molar-refractivity contribution < 1.29 is 4.79 Å². The quantitative estimate of drug-likeness (QED) is 0.459. The third-order valence-electron chi connectivity index (χ3n) is 3.32. The lowest BCUT2D eigenvalue weighted by molar-refractivity contribution is 0.204. The van der Waals surface area contributed by atoms with Crippen LogP contribution in [0, 0.1) is 0 Å². The van der Waals surface area contributed by atoms with Gasteiger partial charge in [0.2, 0.25) is 0 Å². The molecule has 0 aromatic heterocycles. The van der Waals surface area contributed by atoms with Crippen LogP contribution in [0.2, 0.25) is 5.02 Å². The molecule has 0 saturated heterocycles. The number of hydrogen-bond acceptors (Lipinski definition) is 3. The highest BCUT2D eigenvalue weighted by Gasteiger charge is 2.17. The largest absolute Gasteiger partial charge is 0.344 e. The number of urea groups is 1. The molecule has 0 bridgehead atoms. The molecule has 0 radical (unpaired) electrons. The van der Waals surface area contributed by atoms with Gasteiger partial charge in [-0.15, -0.1) is 11.6 Å². The van der Waals surface area contributed by atoms with Crippen molar-refractivity contribution in [2.75, 3.05) is 12.5 Å². The van der Waals surface area contributed by atoms with Crippen LogP contribution < -0.4 is 5.32 Å². The number of rotatable bonds is 6. The van der Waals surface area contributed by atoms with E-state index in [0.717, 1.165) is 11.1 Å². The van der Waals surface area contributed by atoms with Gasteiger partial charge in [0, 0.05) is 22.9 Å². The summed E-state index contributed by atoms with van der Waals surface area (Å²) in [6, 6.07) is 7.09. The number of nitrogens with one attached hydrogen (secondary N) is 1. The monoisotopic (exact) mass is 364 g/mol. The van der Waals surface area contributed by atoms with Crippen molar-refractivity contribution in [3.8, 4) is 0 Å². The van der Waals surface area contributed by atoms with Gasteiger partial charge in [-0.1, -0.05) is 48.0 Å². The molecular weight excluding hydrogens is 347 g/mol. The number of aliphatic imine (C=N–C) groups is 1. The molecule has 0 saturated carbocycles. The first-order chi connectivity index (χ1) is 11.7. The number of benzene rings is 1. The minimum atomic E-state index is -0.326. The fraction of sp³-hybridized carbons (Fsp3) is 0.235. The van der Waals surface area contributed by atoms with Crippen molar-refractivity contribution in [2.24, 2.45) is 10.1 Å². The molecule has 2 amide bonds. The summed E-state index contributed by atoms with van der Waals surface area (Å²) in [5.74, 6) is 0.430. The van der Waals surface area contributed by atoms with Crippen molar-refractivity contribution in [1.82, 2.24) is 10.3 Å². The van der Waals surface area contributed by atoms with Crippen molar-refractivity contribution in [2.45, 2.75) is 13.3 Å². The van der Waals surface area contributed by atoms with E-state index in [2.05, 4.69) is 15.4 Å². The summed E-state index contributed by atoms with van der Waals surface area (Å²) < 4.78 is 0. The lowest BCUT2D eigenvalue weighted by atomic mass is 10.0. The molecule has 2 rings (SSSR count). The van der Waals surface area contributed by atoms with E-state index >= 15 is 0 Å². The molecule has 0 fully saturated rings. The van der Waals surface area contributed by atoms with Crippen LogP contribution in [0.15, 0.2) is 58.2 Å². The van der Waals surface area contributed by atoms with E-state index in [1.165, 1.54) is 11.3 Å². The number of hydrazone groups is 1. The van der Waals surface area contributed by atoms with Gasteiger partial charge in [0.25, 0.3) is 0 Å². The van der Waals surface area contributed by atoms with Crippen LogP contribution in [0.1, 0.15) is 18.9 Å². The summed E-state index contributed by atoms with van der Waals surface area (Å²) in [5.41, 5.74) is 2.48. The standard InChI is InChI=1S/C17H18Cl2N4O/c1-2-13(6-5-9-18)10-16(14-7-3-4-8-15(14)19)22-23-12-20-11-21-17(23)24/h2-8,11H,9-10,12H2,1H3,(H,20,21,24)/b6-5-,13-2+,22-16+. The second-order valence-electron chi connectivity index (χ2n) is 4.93. The smallest absolute Gasteiger partial charge is 0.297 e. The Kier molecular flexibility index (Phi) is 7.03. The van der Waals surface area contributed by atoms with Gasteiger partial charge in [-0.3, -0.25) is 10.3 Å². The third-order valence-corrected chi connectivity index (χ3v) is 3.83. The minimum Gasteiger partial charge on any atom is -0.297 e. The van der Waals surface area contributed by atoms with Gasteiger partial charge >= 0.3 is 6.03 Å². The molecule has 1 aromatic carbocycles. The molecule has 1 heterocycles. The van der Waals surface area contributed by atoms with E-state index in [4.69, 9.17) is 23.2 Å². The molecule has 7 heteroatoms. The number of allylic oxidation sites excluding steroid dienone is 4. The lowest BCUT2D eigenvalue weighted by Crippen LogP contribution is -2.40. The first kappa shape index (κ1) is 18.2. The predicted octanol–water partition coefficient (Wildman–Crippen LogP) is 4.19. The highest BCUT2D eigenvalue weighted by Crippen LogP contribution is 2.21. The summed E-state index contributed by atoms with van der Waals surface area (Å²) in [7, 11) is 0. The van der Waals surface area contributed by atoms with Gasteiger partial charge in [-0.05, 0) is 18.6 Å². The molecule has 0 atom stereocenters. The van der Waals surface area contributed by atoms with Crippen molar-refractivity contribution in [3.63, 3.8) is 0 Å². The van der Waals surface area contributed by atoms with Crippen molar-refractivity contribution in [1.29, 1.82) is 0 Å². The topological polar surface area (TPSA) is 57.1 Å². The summed E-state index contributed by atoms with van der Waals surface area (Å²) in [5, 5.41) is 8.84. The molecule has 0 aliphatic carbocycles. The van der Waals surface area contributed by atoms with Gasteiger partial charge in [-0.2, -0.15) is 10.1 Å². The molecule has 0 unspecified atom stereocenters. The zero-order valence-electron chi connectivity index (χ0n) is 13.2. The Morgan fingerprint density at radius 1 is 1.46 bits per heavy atom. The summed E-state index contributed by atoms with van der Waals surface area (Å²) in [6.45, 7) is 2.11. The molecular formula is C17H18Cl2N4O. The van der Waals surface area contributed by atoms with Crippen molar-refractivity contribution >= 4 is 41.3 Å². The fourth-order valence-corrected chi connectivity index (χ4v) is 2.44. The number of nitrogens with zero attached hydrogens (tertiary/aromatic N) is 3. The van der Waals surface area contributed by atoms with Crippen LogP contribution in [-0.4, -0.2) is 35.6 Å². The molecule has 5 nitrogen and oxygen atoms in total. The Balaban J connectivity index is 2.38. The Hall–Kier alpha value is -2.11. The maximum Gasteiger partial charge on any atom is 0.344 e. The number of amides is 2. The number of carbonyl (C=O) groups is 1. The molecule has 1 N–H and O–H groups in total. The van der Waals surface area contributed by atoms with Crippen molar-refractivity contribution in [3.05, 3.63) is 58.7 Å². The summed E-state index contributed by atoms with van der Waals surface area (Å²) >= 11 is 12.0. The predicted molar refractivity (Wildman–Crippen MR) is 100.0 cm³/mol. The van der Waals surface area contributed by atoms with Crippen LogP contribution in [0.3, 0.4) is 0 Å². The lowest BCUT2D eigenvalue weighted by Gasteiger charge is -2.20. The van der Waals surface area contributed by atoms with Gasteiger partial charge in [0.1, 0.15) is 6.67 Å². The number of halogens is 2. The molecule has 1 aliphatic rings. The normalized spacial score (nSPS) is 16.0. The molecule has 1 aromatic rings. The maximum absolute atomic E-state index is 11.9. The highest BCUT2D eigenvalue weighted by atomic mass is 35.5. The van der Waals surface area contributed by atoms with Gasteiger partial charge in [0.15, 0.2) is 0 Å². The van der Waals surface area contributed by atoms with Gasteiger partial charge in [-0.25, -0.2) is 4.79 Å². The Morgan fingerprint density at radius 2 is 2.25 bits per heavy atom. The average molecular weight is 365 g/mol. The zero-order valence-corrected chi connectivity index (χ0v) is 14.8. The van der Waals surface area contributed by atoms with Crippen LogP contribution in [0.5, 0.6) is 0 Å². The first-order valence-electron chi connectivity index (χ1n) is 7.42. The summed E-state index contributed by atoms with van der Waals surface area (Å²) in [4.78, 5) is 15.9. The second kappa shape index (κ2) is 9.25. The first-order valence-corrected chi connectivity index (χ1v) is 8.33. The van der Waals surface area contributed by atoms with Crippen LogP contribution in [-0.2, 0) is 0 Å². The number of carbonyl (C=O) groups excluding carboxylic acids is 1. The van der Waals surface area contributed by atoms with Crippen LogP contribution >= 0.6 is 23.2 Å². The Labute approximate surface area is 151 Å². The second-order valence-corrected chi connectivity index (χ2v) is 5.64. The van der Waals surface area contributed by atoms with E-state index in [9.17, 15) is 4.79 Å². The third kappa shape index (κ3) is 4.94. The summed E-state index contributed by atoms with van der Waals surface area (Å²) in [6.07, 6.45) is 7.65. The average Bonchev–Trinajstić information content (AvgIpc) is 2.60.